The summed E-state index contributed by atoms with van der Waals surface area (Å²) in [6.07, 6.45) is 4.48. The number of alkyl halides is 1. The van der Waals surface area contributed by atoms with E-state index in [2.05, 4.69) is 4.85 Å². The highest BCUT2D eigenvalue weighted by Gasteiger charge is 1.88. The van der Waals surface area contributed by atoms with E-state index >= 15 is 0 Å². The minimum atomic E-state index is 0.683. The molecule has 9 heavy (non-hydrogen) atoms. The monoisotopic (exact) mass is 145 g/mol. The third kappa shape index (κ3) is 7.78. The number of hydrogen-bond donors (Lipinski definition) is 0. The minimum Gasteiger partial charge on any atom is -0.317 e. The first-order chi connectivity index (χ1) is 4.41. The van der Waals surface area contributed by atoms with Crippen LogP contribution in [0.2, 0.25) is 0 Å². The van der Waals surface area contributed by atoms with Crippen LogP contribution in [0.1, 0.15) is 25.7 Å². The molecule has 0 rings (SSSR count). The highest BCUT2D eigenvalue weighted by molar-refractivity contribution is 6.17. The average Bonchev–Trinajstić information content (AvgIpc) is 1.89. The summed E-state index contributed by atoms with van der Waals surface area (Å²) in [6, 6.07) is 0. The Morgan fingerprint density at radius 3 is 2.33 bits per heavy atom. The summed E-state index contributed by atoms with van der Waals surface area (Å²) in [7, 11) is 0. The Balaban J connectivity index is 2.69. The molecule has 0 aliphatic carbocycles. The summed E-state index contributed by atoms with van der Waals surface area (Å²) in [5.74, 6) is 0.762. The van der Waals surface area contributed by atoms with Gasteiger partial charge in [-0.15, -0.1) is 11.6 Å². The van der Waals surface area contributed by atoms with Crippen molar-refractivity contribution in [2.24, 2.45) is 0 Å². The number of rotatable bonds is 5. The Kier molecular flexibility index (Phi) is 7.59. The summed E-state index contributed by atoms with van der Waals surface area (Å²) >= 11 is 5.45. The van der Waals surface area contributed by atoms with Gasteiger partial charge < -0.3 is 4.85 Å². The molecule has 2 heteroatoms. The molecule has 0 saturated heterocycles. The van der Waals surface area contributed by atoms with E-state index in [0.29, 0.717) is 6.54 Å². The normalized spacial score (nSPS) is 8.89. The standard InChI is InChI=1S/C7H12ClN/c1-9-7-5-3-2-4-6-8/h2-7H2. The lowest BCUT2D eigenvalue weighted by atomic mass is 10.2. The van der Waals surface area contributed by atoms with Crippen LogP contribution < -0.4 is 0 Å². The molecule has 0 spiro atoms. The third-order valence-electron chi connectivity index (χ3n) is 1.15. The molecule has 0 aromatic carbocycles. The molecule has 0 fully saturated rings. The summed E-state index contributed by atoms with van der Waals surface area (Å²) in [4.78, 5) is 3.25. The van der Waals surface area contributed by atoms with Crippen LogP contribution in [-0.4, -0.2) is 12.4 Å². The van der Waals surface area contributed by atoms with Crippen molar-refractivity contribution >= 4 is 11.6 Å². The third-order valence-corrected chi connectivity index (χ3v) is 1.42. The van der Waals surface area contributed by atoms with Gasteiger partial charge in [0.25, 0.3) is 0 Å². The molecule has 0 aromatic rings. The summed E-state index contributed by atoms with van der Waals surface area (Å²) in [6.45, 7) is 7.16. The zero-order valence-corrected chi connectivity index (χ0v) is 6.32. The maximum Gasteiger partial charge on any atom is 0.214 e. The molecule has 0 heterocycles. The van der Waals surface area contributed by atoms with Crippen molar-refractivity contribution < 1.29 is 0 Å². The van der Waals surface area contributed by atoms with Crippen LogP contribution in [0.5, 0.6) is 0 Å². The Hall–Kier alpha value is -0.220. The molecule has 0 radical (unpaired) electrons. The lowest BCUT2D eigenvalue weighted by Crippen LogP contribution is -1.80. The predicted molar refractivity (Wildman–Crippen MR) is 40.7 cm³/mol. The summed E-state index contributed by atoms with van der Waals surface area (Å²) in [5, 5.41) is 0. The van der Waals surface area contributed by atoms with Gasteiger partial charge in [0.15, 0.2) is 0 Å². The first kappa shape index (κ1) is 8.78. The van der Waals surface area contributed by atoms with Crippen molar-refractivity contribution in [3.63, 3.8) is 0 Å². The number of halogens is 1. The van der Waals surface area contributed by atoms with E-state index in [1.54, 1.807) is 0 Å². The fourth-order valence-electron chi connectivity index (χ4n) is 0.639. The van der Waals surface area contributed by atoms with Gasteiger partial charge in [-0.25, -0.2) is 6.57 Å². The maximum atomic E-state index is 6.48. The van der Waals surface area contributed by atoms with E-state index in [-0.39, 0.29) is 0 Å². The maximum absolute atomic E-state index is 6.48. The molecule has 0 aliphatic heterocycles. The van der Waals surface area contributed by atoms with Crippen molar-refractivity contribution in [2.45, 2.75) is 25.7 Å². The molecule has 0 N–H and O–H groups in total. The first-order valence-electron chi connectivity index (χ1n) is 3.31. The van der Waals surface area contributed by atoms with E-state index < -0.39 is 0 Å². The Morgan fingerprint density at radius 1 is 1.11 bits per heavy atom. The molecule has 0 unspecified atom stereocenters. The zero-order valence-electron chi connectivity index (χ0n) is 5.57. The topological polar surface area (TPSA) is 4.36 Å². The highest BCUT2D eigenvalue weighted by Crippen LogP contribution is 2.00. The largest absolute Gasteiger partial charge is 0.317 e. The molecule has 52 valence electrons. The van der Waals surface area contributed by atoms with E-state index in [1.807, 2.05) is 0 Å². The molecule has 0 bridgehead atoms. The second-order valence-electron chi connectivity index (χ2n) is 1.98. The van der Waals surface area contributed by atoms with Crippen molar-refractivity contribution in [3.05, 3.63) is 11.4 Å². The first-order valence-corrected chi connectivity index (χ1v) is 3.84. The molecule has 0 saturated carbocycles. The van der Waals surface area contributed by atoms with Crippen LogP contribution >= 0.6 is 11.6 Å². The number of hydrogen-bond acceptors (Lipinski definition) is 0. The lowest BCUT2D eigenvalue weighted by molar-refractivity contribution is 0.696. The van der Waals surface area contributed by atoms with E-state index in [9.17, 15) is 0 Å². The molecule has 0 atom stereocenters. The fourth-order valence-corrected chi connectivity index (χ4v) is 0.828. The predicted octanol–water partition coefficient (Wildman–Crippen LogP) is 2.70. The zero-order chi connectivity index (χ0) is 6.95. The number of unbranched alkanes of at least 4 members (excludes halogenated alkanes) is 3. The van der Waals surface area contributed by atoms with Gasteiger partial charge in [0.1, 0.15) is 0 Å². The van der Waals surface area contributed by atoms with Gasteiger partial charge in [0.05, 0.1) is 0 Å². The highest BCUT2D eigenvalue weighted by atomic mass is 35.5. The van der Waals surface area contributed by atoms with Gasteiger partial charge in [-0.3, -0.25) is 0 Å². The van der Waals surface area contributed by atoms with Gasteiger partial charge >= 0.3 is 0 Å². The van der Waals surface area contributed by atoms with Gasteiger partial charge in [-0.05, 0) is 12.8 Å². The molecule has 0 amide bonds. The van der Waals surface area contributed by atoms with Gasteiger partial charge in [-0.2, -0.15) is 0 Å². The second kappa shape index (κ2) is 7.78. The molecule has 1 nitrogen and oxygen atoms in total. The van der Waals surface area contributed by atoms with E-state index in [1.165, 1.54) is 6.42 Å². The Morgan fingerprint density at radius 2 is 1.78 bits per heavy atom. The summed E-state index contributed by atoms with van der Waals surface area (Å²) < 4.78 is 0. The molecule has 0 aromatic heterocycles. The van der Waals surface area contributed by atoms with Crippen molar-refractivity contribution in [1.29, 1.82) is 0 Å². The summed E-state index contributed by atoms with van der Waals surface area (Å²) in [5.41, 5.74) is 0. The van der Waals surface area contributed by atoms with Crippen LogP contribution in [-0.2, 0) is 0 Å². The Labute approximate surface area is 61.8 Å². The quantitative estimate of drug-likeness (QED) is 0.318. The van der Waals surface area contributed by atoms with Crippen LogP contribution in [0, 0.1) is 6.57 Å². The average molecular weight is 146 g/mol. The number of nitrogens with zero attached hydrogens (tertiary/aromatic N) is 1. The smallest absolute Gasteiger partial charge is 0.214 e. The molecular formula is C7H12ClN. The lowest BCUT2D eigenvalue weighted by Gasteiger charge is -1.90. The minimum absolute atomic E-state index is 0.683. The van der Waals surface area contributed by atoms with Gasteiger partial charge in [-0.1, -0.05) is 6.42 Å². The van der Waals surface area contributed by atoms with Crippen molar-refractivity contribution in [2.75, 3.05) is 12.4 Å². The van der Waals surface area contributed by atoms with Crippen molar-refractivity contribution in [1.82, 2.24) is 0 Å². The molecule has 0 aliphatic rings. The van der Waals surface area contributed by atoms with E-state index in [4.69, 9.17) is 18.2 Å². The van der Waals surface area contributed by atoms with Crippen LogP contribution in [0.3, 0.4) is 0 Å². The SMILES string of the molecule is [C-]#[N+]CCCCCCCl. The fraction of sp³-hybridized carbons (Fsp3) is 0.857. The van der Waals surface area contributed by atoms with Crippen LogP contribution in [0.25, 0.3) is 4.85 Å². The van der Waals surface area contributed by atoms with Crippen LogP contribution in [0.4, 0.5) is 0 Å². The van der Waals surface area contributed by atoms with Gasteiger partial charge in [0.2, 0.25) is 6.54 Å². The van der Waals surface area contributed by atoms with E-state index in [0.717, 1.165) is 25.1 Å². The van der Waals surface area contributed by atoms with Gasteiger partial charge in [0, 0.05) is 12.3 Å². The molecular weight excluding hydrogens is 134 g/mol. The second-order valence-corrected chi connectivity index (χ2v) is 2.36. The Bertz CT molecular complexity index is 85.4. The van der Waals surface area contributed by atoms with Crippen molar-refractivity contribution in [3.8, 4) is 0 Å². The van der Waals surface area contributed by atoms with Crippen LogP contribution in [0.15, 0.2) is 0 Å².